The van der Waals surface area contributed by atoms with Gasteiger partial charge in [0.15, 0.2) is 0 Å². The first-order valence-electron chi connectivity index (χ1n) is 9.43. The highest BCUT2D eigenvalue weighted by Gasteiger charge is 2.23. The summed E-state index contributed by atoms with van der Waals surface area (Å²) < 4.78 is 4.11. The molecule has 4 aromatic rings. The minimum atomic E-state index is 0.753. The zero-order chi connectivity index (χ0) is 18.9. The molecule has 3 heterocycles. The molecule has 0 bridgehead atoms. The molecule has 5 nitrogen and oxygen atoms in total. The third-order valence-corrected chi connectivity index (χ3v) is 5.40. The maximum absolute atomic E-state index is 6.04. The molecule has 1 N–H and O–H groups in total. The van der Waals surface area contributed by atoms with E-state index in [2.05, 4.69) is 39.1 Å². The number of aromatic nitrogens is 4. The van der Waals surface area contributed by atoms with E-state index >= 15 is 0 Å². The van der Waals surface area contributed by atoms with Crippen LogP contribution < -0.4 is 5.32 Å². The Balaban J connectivity index is 1.59. The Labute approximate surface area is 168 Å². The highest BCUT2D eigenvalue weighted by Crippen LogP contribution is 2.25. The molecule has 28 heavy (non-hydrogen) atoms. The van der Waals surface area contributed by atoms with Gasteiger partial charge in [-0.05, 0) is 29.8 Å². The van der Waals surface area contributed by atoms with Crippen LogP contribution in [0.3, 0.4) is 0 Å². The number of rotatable bonds is 4. The third-order valence-electron chi connectivity index (χ3n) is 5.14. The van der Waals surface area contributed by atoms with Gasteiger partial charge in [-0.1, -0.05) is 41.9 Å². The molecule has 1 aliphatic heterocycles. The summed E-state index contributed by atoms with van der Waals surface area (Å²) in [4.78, 5) is 4.63. The standard InChI is InChI=1S/C22H20ClN5/c23-17-8-6-16(7-9-17)14-20-19-15-24-11-10-21(19)28(26-20)22-25-12-13-27(22)18-4-2-1-3-5-18/h1-9,12-13,24H,10-11,14-15H2. The first-order chi connectivity index (χ1) is 13.8. The molecule has 0 saturated carbocycles. The van der Waals surface area contributed by atoms with Crippen molar-refractivity contribution in [3.63, 3.8) is 0 Å². The van der Waals surface area contributed by atoms with Crippen LogP contribution in [0.5, 0.6) is 0 Å². The summed E-state index contributed by atoms with van der Waals surface area (Å²) in [5.74, 6) is 0.826. The number of para-hydroxylation sites is 1. The van der Waals surface area contributed by atoms with Crippen LogP contribution >= 0.6 is 11.6 Å². The van der Waals surface area contributed by atoms with Gasteiger partial charge in [0.25, 0.3) is 0 Å². The Morgan fingerprint density at radius 2 is 1.86 bits per heavy atom. The average molecular weight is 390 g/mol. The van der Waals surface area contributed by atoms with Crippen molar-refractivity contribution in [2.24, 2.45) is 0 Å². The summed E-state index contributed by atoms with van der Waals surface area (Å²) >= 11 is 6.04. The normalized spacial score (nSPS) is 13.5. The summed E-state index contributed by atoms with van der Waals surface area (Å²) in [7, 11) is 0. The van der Waals surface area contributed by atoms with Crippen molar-refractivity contribution in [3.05, 3.63) is 94.5 Å². The van der Waals surface area contributed by atoms with Crippen molar-refractivity contribution in [1.82, 2.24) is 24.6 Å². The second-order valence-electron chi connectivity index (χ2n) is 6.95. The maximum atomic E-state index is 6.04. The van der Waals surface area contributed by atoms with Crippen LogP contribution in [0.2, 0.25) is 5.02 Å². The molecule has 2 aromatic carbocycles. The minimum Gasteiger partial charge on any atom is -0.312 e. The second kappa shape index (κ2) is 7.26. The van der Waals surface area contributed by atoms with Crippen molar-refractivity contribution < 1.29 is 0 Å². The molecule has 0 spiro atoms. The number of nitrogens with zero attached hydrogens (tertiary/aromatic N) is 4. The number of hydrogen-bond acceptors (Lipinski definition) is 3. The predicted molar refractivity (Wildman–Crippen MR) is 110 cm³/mol. The highest BCUT2D eigenvalue weighted by atomic mass is 35.5. The maximum Gasteiger partial charge on any atom is 0.235 e. The number of halogens is 1. The average Bonchev–Trinajstić information content (AvgIpc) is 3.36. The lowest BCUT2D eigenvalue weighted by Gasteiger charge is -2.16. The van der Waals surface area contributed by atoms with Crippen LogP contribution in [0, 0.1) is 0 Å². The van der Waals surface area contributed by atoms with E-state index < -0.39 is 0 Å². The number of benzene rings is 2. The van der Waals surface area contributed by atoms with Crippen LogP contribution in [0.15, 0.2) is 67.0 Å². The molecule has 0 aliphatic carbocycles. The minimum absolute atomic E-state index is 0.753. The quantitative estimate of drug-likeness (QED) is 0.575. The monoisotopic (exact) mass is 389 g/mol. The fraction of sp³-hybridized carbons (Fsp3) is 0.182. The number of fused-ring (bicyclic) bond motifs is 1. The molecule has 0 amide bonds. The van der Waals surface area contributed by atoms with Crippen LogP contribution in [-0.2, 0) is 19.4 Å². The number of hydrogen-bond donors (Lipinski definition) is 1. The van der Waals surface area contributed by atoms with Crippen molar-refractivity contribution in [1.29, 1.82) is 0 Å². The number of imidazole rings is 1. The van der Waals surface area contributed by atoms with E-state index in [1.54, 1.807) is 0 Å². The van der Waals surface area contributed by atoms with Gasteiger partial charge < -0.3 is 5.32 Å². The largest absolute Gasteiger partial charge is 0.312 e. The smallest absolute Gasteiger partial charge is 0.235 e. The van der Waals surface area contributed by atoms with E-state index in [4.69, 9.17) is 16.7 Å². The van der Waals surface area contributed by atoms with Gasteiger partial charge >= 0.3 is 0 Å². The third kappa shape index (κ3) is 3.13. The lowest BCUT2D eigenvalue weighted by Crippen LogP contribution is -2.25. The molecular formula is C22H20ClN5. The van der Waals surface area contributed by atoms with Gasteiger partial charge in [-0.25, -0.2) is 9.67 Å². The Bertz CT molecular complexity index is 1100. The van der Waals surface area contributed by atoms with Gasteiger partial charge in [0.2, 0.25) is 5.95 Å². The van der Waals surface area contributed by atoms with Gasteiger partial charge in [-0.3, -0.25) is 4.57 Å². The topological polar surface area (TPSA) is 47.7 Å². The van der Waals surface area contributed by atoms with Gasteiger partial charge in [0.1, 0.15) is 0 Å². The van der Waals surface area contributed by atoms with Gasteiger partial charge in [0, 0.05) is 54.6 Å². The van der Waals surface area contributed by atoms with Gasteiger partial charge in [-0.15, -0.1) is 0 Å². The molecule has 0 saturated heterocycles. The molecule has 0 unspecified atom stereocenters. The van der Waals surface area contributed by atoms with Crippen molar-refractivity contribution in [3.8, 4) is 11.6 Å². The molecule has 2 aromatic heterocycles. The summed E-state index contributed by atoms with van der Waals surface area (Å²) in [6, 6.07) is 18.2. The van der Waals surface area contributed by atoms with Crippen molar-refractivity contribution in [2.45, 2.75) is 19.4 Å². The van der Waals surface area contributed by atoms with Crippen LogP contribution in [0.25, 0.3) is 11.6 Å². The summed E-state index contributed by atoms with van der Waals surface area (Å²) in [5.41, 5.74) is 5.89. The SMILES string of the molecule is Clc1ccc(Cc2nn(-c3nccn3-c3ccccc3)c3c2CNCC3)cc1. The fourth-order valence-corrected chi connectivity index (χ4v) is 3.89. The zero-order valence-electron chi connectivity index (χ0n) is 15.3. The summed E-state index contributed by atoms with van der Waals surface area (Å²) in [6.07, 6.45) is 5.53. The predicted octanol–water partition coefficient (Wildman–Crippen LogP) is 3.95. The first kappa shape index (κ1) is 17.2. The van der Waals surface area contributed by atoms with Crippen LogP contribution in [0.1, 0.15) is 22.5 Å². The Morgan fingerprint density at radius 1 is 1.04 bits per heavy atom. The van der Waals surface area contributed by atoms with E-state index in [0.29, 0.717) is 0 Å². The molecule has 5 rings (SSSR count). The van der Waals surface area contributed by atoms with E-state index in [1.807, 2.05) is 47.4 Å². The van der Waals surface area contributed by atoms with E-state index in [1.165, 1.54) is 16.8 Å². The zero-order valence-corrected chi connectivity index (χ0v) is 16.1. The highest BCUT2D eigenvalue weighted by molar-refractivity contribution is 6.30. The number of nitrogens with one attached hydrogen (secondary N) is 1. The first-order valence-corrected chi connectivity index (χ1v) is 9.81. The molecule has 1 aliphatic rings. The fourth-order valence-electron chi connectivity index (χ4n) is 3.76. The molecule has 0 fully saturated rings. The lowest BCUT2D eigenvalue weighted by atomic mass is 10.0. The Morgan fingerprint density at radius 3 is 2.68 bits per heavy atom. The summed E-state index contributed by atoms with van der Waals surface area (Å²) in [6.45, 7) is 1.79. The van der Waals surface area contributed by atoms with E-state index in [9.17, 15) is 0 Å². The molecule has 0 radical (unpaired) electrons. The molecule has 0 atom stereocenters. The Kier molecular flexibility index (Phi) is 4.47. The Hall–Kier alpha value is -2.89. The van der Waals surface area contributed by atoms with Gasteiger partial charge in [0.05, 0.1) is 11.4 Å². The molecular weight excluding hydrogens is 370 g/mol. The lowest BCUT2D eigenvalue weighted by molar-refractivity contribution is 0.615. The van der Waals surface area contributed by atoms with E-state index in [-0.39, 0.29) is 0 Å². The van der Waals surface area contributed by atoms with Crippen LogP contribution in [0.4, 0.5) is 0 Å². The molecule has 6 heteroatoms. The second-order valence-corrected chi connectivity index (χ2v) is 7.38. The van der Waals surface area contributed by atoms with Crippen molar-refractivity contribution in [2.75, 3.05) is 6.54 Å². The van der Waals surface area contributed by atoms with Gasteiger partial charge in [-0.2, -0.15) is 5.10 Å². The summed E-state index contributed by atoms with van der Waals surface area (Å²) in [5, 5.41) is 9.23. The van der Waals surface area contributed by atoms with Crippen molar-refractivity contribution >= 4 is 11.6 Å². The van der Waals surface area contributed by atoms with E-state index in [0.717, 1.165) is 48.3 Å². The van der Waals surface area contributed by atoms with Crippen LogP contribution in [-0.4, -0.2) is 25.9 Å². The molecule has 140 valence electrons.